The standard InChI is InChI=1S/C21H23N5O3/c27-21(28)19-18-17(22-13-23-18)5-6-26(19)12-15-11-14-3-1-2-4-16(14)24-20(15)25-7-9-29-10-8-25/h1-4,11,13,19H,5-10,12H2,(H,22,23)(H,27,28)/t19-/m1/s1. The van der Waals surface area contributed by atoms with E-state index in [0.717, 1.165) is 47.5 Å². The molecular weight excluding hydrogens is 370 g/mol. The van der Waals surface area contributed by atoms with Crippen molar-refractivity contribution in [1.82, 2.24) is 19.9 Å². The number of para-hydroxylation sites is 1. The number of hydrogen-bond acceptors (Lipinski definition) is 6. The van der Waals surface area contributed by atoms with Gasteiger partial charge in [0.2, 0.25) is 0 Å². The summed E-state index contributed by atoms with van der Waals surface area (Å²) in [6, 6.07) is 9.44. The number of H-pyrrole nitrogens is 1. The quantitative estimate of drug-likeness (QED) is 0.700. The third kappa shape index (κ3) is 3.34. The lowest BCUT2D eigenvalue weighted by Crippen LogP contribution is -2.41. The summed E-state index contributed by atoms with van der Waals surface area (Å²) in [5.41, 5.74) is 3.51. The Morgan fingerprint density at radius 1 is 1.24 bits per heavy atom. The average molecular weight is 393 g/mol. The van der Waals surface area contributed by atoms with Gasteiger partial charge in [0.25, 0.3) is 0 Å². The lowest BCUT2D eigenvalue weighted by molar-refractivity contribution is -0.144. The first-order valence-electron chi connectivity index (χ1n) is 9.91. The third-order valence-electron chi connectivity index (χ3n) is 5.72. The molecule has 1 aromatic carbocycles. The van der Waals surface area contributed by atoms with Crippen LogP contribution in [0.25, 0.3) is 10.9 Å². The van der Waals surface area contributed by atoms with Crippen molar-refractivity contribution in [2.45, 2.75) is 19.0 Å². The van der Waals surface area contributed by atoms with Crippen molar-refractivity contribution in [3.05, 3.63) is 53.6 Å². The van der Waals surface area contributed by atoms with Gasteiger partial charge in [0.15, 0.2) is 6.04 Å². The molecule has 1 fully saturated rings. The number of carbonyl (C=O) groups is 1. The molecule has 3 aromatic rings. The predicted octanol–water partition coefficient (Wildman–Crippen LogP) is 1.98. The number of aliphatic carboxylic acids is 1. The number of fused-ring (bicyclic) bond motifs is 2. The maximum Gasteiger partial charge on any atom is 0.327 e. The molecule has 1 saturated heterocycles. The minimum atomic E-state index is -0.875. The molecule has 5 rings (SSSR count). The van der Waals surface area contributed by atoms with E-state index in [9.17, 15) is 9.90 Å². The zero-order valence-corrected chi connectivity index (χ0v) is 16.0. The van der Waals surface area contributed by atoms with Gasteiger partial charge in [-0.25, -0.2) is 9.97 Å². The van der Waals surface area contributed by atoms with E-state index < -0.39 is 12.0 Å². The van der Waals surface area contributed by atoms with Gasteiger partial charge in [-0.2, -0.15) is 0 Å². The van der Waals surface area contributed by atoms with Crippen molar-refractivity contribution in [2.24, 2.45) is 0 Å². The summed E-state index contributed by atoms with van der Waals surface area (Å²) < 4.78 is 5.51. The molecule has 2 aliphatic heterocycles. The number of morpholine rings is 1. The fourth-order valence-corrected chi connectivity index (χ4v) is 4.30. The second-order valence-corrected chi connectivity index (χ2v) is 7.49. The van der Waals surface area contributed by atoms with Crippen LogP contribution in [-0.4, -0.2) is 63.8 Å². The van der Waals surface area contributed by atoms with E-state index in [0.29, 0.717) is 32.0 Å². The Morgan fingerprint density at radius 2 is 2.07 bits per heavy atom. The van der Waals surface area contributed by atoms with Gasteiger partial charge in [0, 0.05) is 49.2 Å². The van der Waals surface area contributed by atoms with Crippen LogP contribution < -0.4 is 4.90 Å². The highest BCUT2D eigenvalue weighted by atomic mass is 16.5. The Morgan fingerprint density at radius 3 is 2.90 bits per heavy atom. The Balaban J connectivity index is 1.54. The number of aromatic nitrogens is 3. The lowest BCUT2D eigenvalue weighted by Gasteiger charge is -2.34. The van der Waals surface area contributed by atoms with Crippen molar-refractivity contribution in [3.8, 4) is 0 Å². The minimum Gasteiger partial charge on any atom is -0.480 e. The molecule has 0 aliphatic carbocycles. The third-order valence-corrected chi connectivity index (χ3v) is 5.72. The van der Waals surface area contributed by atoms with Crippen LogP contribution >= 0.6 is 0 Å². The molecular formula is C21H23N5O3. The van der Waals surface area contributed by atoms with E-state index in [4.69, 9.17) is 9.72 Å². The van der Waals surface area contributed by atoms with E-state index in [1.807, 2.05) is 29.2 Å². The Kier molecular flexibility index (Phi) is 4.65. The maximum absolute atomic E-state index is 12.1. The molecule has 1 atom stereocenters. The molecule has 0 unspecified atom stereocenters. The summed E-state index contributed by atoms with van der Waals surface area (Å²) >= 11 is 0. The van der Waals surface area contributed by atoms with Gasteiger partial charge in [-0.05, 0) is 12.1 Å². The molecule has 2 aromatic heterocycles. The number of aromatic amines is 1. The molecule has 0 saturated carbocycles. The highest BCUT2D eigenvalue weighted by Gasteiger charge is 2.35. The highest BCUT2D eigenvalue weighted by molar-refractivity contribution is 5.82. The van der Waals surface area contributed by atoms with Crippen LogP contribution in [0.4, 0.5) is 5.82 Å². The van der Waals surface area contributed by atoms with E-state index in [2.05, 4.69) is 20.9 Å². The summed E-state index contributed by atoms with van der Waals surface area (Å²) in [6.45, 7) is 4.07. The molecule has 150 valence electrons. The molecule has 29 heavy (non-hydrogen) atoms. The topological polar surface area (TPSA) is 94.6 Å². The monoisotopic (exact) mass is 393 g/mol. The van der Waals surface area contributed by atoms with Crippen molar-refractivity contribution < 1.29 is 14.6 Å². The highest BCUT2D eigenvalue weighted by Crippen LogP contribution is 2.32. The first-order chi connectivity index (χ1) is 14.2. The number of hydrogen-bond donors (Lipinski definition) is 2. The van der Waals surface area contributed by atoms with Crippen molar-refractivity contribution >= 4 is 22.7 Å². The van der Waals surface area contributed by atoms with Gasteiger partial charge in [-0.1, -0.05) is 18.2 Å². The molecule has 0 amide bonds. The largest absolute Gasteiger partial charge is 0.480 e. The average Bonchev–Trinajstić information content (AvgIpc) is 3.22. The number of imidazole rings is 1. The molecule has 2 N–H and O–H groups in total. The van der Waals surface area contributed by atoms with Crippen LogP contribution in [-0.2, 0) is 22.5 Å². The zero-order valence-electron chi connectivity index (χ0n) is 16.0. The number of rotatable bonds is 4. The van der Waals surface area contributed by atoms with E-state index in [1.165, 1.54) is 0 Å². The first-order valence-corrected chi connectivity index (χ1v) is 9.91. The number of pyridine rings is 1. The van der Waals surface area contributed by atoms with Gasteiger partial charge in [0.1, 0.15) is 5.82 Å². The van der Waals surface area contributed by atoms with Crippen LogP contribution in [0.3, 0.4) is 0 Å². The SMILES string of the molecule is O=C(O)[C@H]1c2nc[nH]c2CCN1Cc1cc2ccccc2nc1N1CCOCC1. The normalized spacial score (nSPS) is 20.0. The second-order valence-electron chi connectivity index (χ2n) is 7.49. The predicted molar refractivity (Wildman–Crippen MR) is 108 cm³/mol. The number of nitrogens with one attached hydrogen (secondary N) is 1. The van der Waals surface area contributed by atoms with Gasteiger partial charge in [-0.3, -0.25) is 9.69 Å². The number of benzene rings is 1. The van der Waals surface area contributed by atoms with Crippen molar-refractivity contribution in [2.75, 3.05) is 37.7 Å². The molecule has 0 spiro atoms. The molecule has 8 heteroatoms. The smallest absolute Gasteiger partial charge is 0.327 e. The molecule has 8 nitrogen and oxygen atoms in total. The summed E-state index contributed by atoms with van der Waals surface area (Å²) in [5, 5.41) is 11.0. The Labute approximate surface area is 168 Å². The summed E-state index contributed by atoms with van der Waals surface area (Å²) in [6.07, 6.45) is 2.34. The van der Waals surface area contributed by atoms with Gasteiger partial charge < -0.3 is 19.7 Å². The Hall–Kier alpha value is -2.97. The summed E-state index contributed by atoms with van der Waals surface area (Å²) in [7, 11) is 0. The number of anilines is 1. The molecule has 2 aliphatic rings. The molecule has 4 heterocycles. The van der Waals surface area contributed by atoms with E-state index in [1.54, 1.807) is 6.33 Å². The van der Waals surface area contributed by atoms with Crippen LogP contribution in [0, 0.1) is 0 Å². The zero-order chi connectivity index (χ0) is 19.8. The fourth-order valence-electron chi connectivity index (χ4n) is 4.30. The number of carboxylic acids is 1. The van der Waals surface area contributed by atoms with E-state index in [-0.39, 0.29) is 0 Å². The van der Waals surface area contributed by atoms with Gasteiger partial charge >= 0.3 is 5.97 Å². The molecule has 0 radical (unpaired) electrons. The van der Waals surface area contributed by atoms with Gasteiger partial charge in [0.05, 0.1) is 30.8 Å². The van der Waals surface area contributed by atoms with Crippen LogP contribution in [0.5, 0.6) is 0 Å². The first kappa shape index (κ1) is 18.1. The lowest BCUT2D eigenvalue weighted by atomic mass is 10.0. The maximum atomic E-state index is 12.1. The van der Waals surface area contributed by atoms with Crippen molar-refractivity contribution in [1.29, 1.82) is 0 Å². The molecule has 0 bridgehead atoms. The van der Waals surface area contributed by atoms with Gasteiger partial charge in [-0.15, -0.1) is 0 Å². The summed E-state index contributed by atoms with van der Waals surface area (Å²) in [5.74, 6) is 0.0451. The number of nitrogens with zero attached hydrogens (tertiary/aromatic N) is 4. The summed E-state index contributed by atoms with van der Waals surface area (Å²) in [4.78, 5) is 28.6. The number of ether oxygens (including phenoxy) is 1. The van der Waals surface area contributed by atoms with Crippen LogP contribution in [0.15, 0.2) is 36.7 Å². The Bertz CT molecular complexity index is 1040. The van der Waals surface area contributed by atoms with Crippen molar-refractivity contribution in [3.63, 3.8) is 0 Å². The number of carboxylic acid groups (broad SMARTS) is 1. The second kappa shape index (κ2) is 7.46. The van der Waals surface area contributed by atoms with Crippen LogP contribution in [0.2, 0.25) is 0 Å². The van der Waals surface area contributed by atoms with E-state index >= 15 is 0 Å². The fraction of sp³-hybridized carbons (Fsp3) is 0.381. The van der Waals surface area contributed by atoms with Crippen LogP contribution in [0.1, 0.15) is 23.0 Å². The minimum absolute atomic E-state index is 0.508.